The number of pyridine rings is 1. The summed E-state index contributed by atoms with van der Waals surface area (Å²) in [6.07, 6.45) is 4.10. The van der Waals surface area contributed by atoms with E-state index in [0.29, 0.717) is 6.61 Å². The minimum atomic E-state index is 0.250. The third-order valence-electron chi connectivity index (χ3n) is 5.00. The molecule has 0 atom stereocenters. The molecule has 1 aromatic carbocycles. The van der Waals surface area contributed by atoms with E-state index in [-0.39, 0.29) is 6.10 Å². The lowest BCUT2D eigenvalue weighted by Crippen LogP contribution is -2.37. The molecule has 27 heavy (non-hydrogen) atoms. The van der Waals surface area contributed by atoms with Crippen LogP contribution in [0.4, 0.5) is 0 Å². The Hall–Kier alpha value is -2.60. The van der Waals surface area contributed by atoms with E-state index >= 15 is 0 Å². The fourth-order valence-corrected chi connectivity index (χ4v) is 3.67. The summed E-state index contributed by atoms with van der Waals surface area (Å²) >= 11 is 0. The Kier molecular flexibility index (Phi) is 5.25. The number of likely N-dealkylation sites (tertiary alicyclic amines) is 1. The summed E-state index contributed by atoms with van der Waals surface area (Å²) < 4.78 is 13.6. The molecule has 0 N–H and O–H groups in total. The molecule has 3 aromatic rings. The predicted octanol–water partition coefficient (Wildman–Crippen LogP) is 3.41. The van der Waals surface area contributed by atoms with Crippen molar-refractivity contribution in [2.24, 2.45) is 7.05 Å². The molecular weight excluding hydrogens is 340 g/mol. The number of aryl methyl sites for hydroxylation is 1. The fraction of sp³-hybridized carbons (Fsp3) is 0.429. The second-order valence-electron chi connectivity index (χ2n) is 6.95. The highest BCUT2D eigenvalue weighted by molar-refractivity contribution is 5.77. The number of hydrogen-bond acceptors (Lipinski definition) is 5. The number of nitrogens with zero attached hydrogens (tertiary/aromatic N) is 4. The summed E-state index contributed by atoms with van der Waals surface area (Å²) in [6.45, 7) is 5.53. The molecule has 0 aliphatic carbocycles. The van der Waals surface area contributed by atoms with Crippen molar-refractivity contribution in [3.05, 3.63) is 48.3 Å². The van der Waals surface area contributed by atoms with Crippen LogP contribution in [0.15, 0.2) is 42.6 Å². The van der Waals surface area contributed by atoms with E-state index in [1.807, 2.05) is 55.2 Å². The Bertz CT molecular complexity index is 900. The number of rotatable bonds is 6. The Balaban J connectivity index is 1.34. The summed E-state index contributed by atoms with van der Waals surface area (Å²) in [5.74, 6) is 1.75. The van der Waals surface area contributed by atoms with Crippen LogP contribution in [-0.2, 0) is 13.6 Å². The Morgan fingerprint density at radius 1 is 1.11 bits per heavy atom. The maximum absolute atomic E-state index is 6.18. The quantitative estimate of drug-likeness (QED) is 0.669. The molecule has 0 radical (unpaired) electrons. The molecule has 0 amide bonds. The minimum Gasteiger partial charge on any atom is -0.494 e. The van der Waals surface area contributed by atoms with E-state index in [4.69, 9.17) is 9.47 Å². The third kappa shape index (κ3) is 4.06. The van der Waals surface area contributed by atoms with Crippen molar-refractivity contribution in [1.29, 1.82) is 0 Å². The Labute approximate surface area is 159 Å². The van der Waals surface area contributed by atoms with Crippen LogP contribution in [-0.4, -0.2) is 45.5 Å². The van der Waals surface area contributed by atoms with Crippen molar-refractivity contribution in [2.45, 2.75) is 32.4 Å². The average molecular weight is 366 g/mol. The topological polar surface area (TPSA) is 52.4 Å². The van der Waals surface area contributed by atoms with Crippen LogP contribution >= 0.6 is 0 Å². The lowest BCUT2D eigenvalue weighted by molar-refractivity contribution is 0.0960. The molecule has 6 heteroatoms. The standard InChI is InChI=1S/C21H26N4O2/c1-3-26-17-6-4-7-18(14-17)27-16-9-12-25(13-10-16)15-20-19-8-5-11-22-21(19)24(2)23-20/h4-8,11,14,16H,3,9-10,12-13,15H2,1-2H3. The summed E-state index contributed by atoms with van der Waals surface area (Å²) in [4.78, 5) is 6.87. The molecule has 1 aliphatic rings. The monoisotopic (exact) mass is 366 g/mol. The molecule has 4 rings (SSSR count). The van der Waals surface area contributed by atoms with Gasteiger partial charge in [-0.2, -0.15) is 5.10 Å². The molecule has 1 saturated heterocycles. The van der Waals surface area contributed by atoms with E-state index < -0.39 is 0 Å². The van der Waals surface area contributed by atoms with Gasteiger partial charge in [0.2, 0.25) is 0 Å². The molecular formula is C21H26N4O2. The summed E-state index contributed by atoms with van der Waals surface area (Å²) in [5.41, 5.74) is 2.05. The van der Waals surface area contributed by atoms with E-state index in [0.717, 1.165) is 60.7 Å². The highest BCUT2D eigenvalue weighted by Gasteiger charge is 2.22. The van der Waals surface area contributed by atoms with Gasteiger partial charge in [-0.25, -0.2) is 4.98 Å². The maximum Gasteiger partial charge on any atom is 0.157 e. The molecule has 6 nitrogen and oxygen atoms in total. The molecule has 0 saturated carbocycles. The largest absolute Gasteiger partial charge is 0.494 e. The van der Waals surface area contributed by atoms with Gasteiger partial charge in [0.25, 0.3) is 0 Å². The van der Waals surface area contributed by atoms with Gasteiger partial charge >= 0.3 is 0 Å². The predicted molar refractivity (Wildman–Crippen MR) is 105 cm³/mol. The number of fused-ring (bicyclic) bond motifs is 1. The first-order valence-electron chi connectivity index (χ1n) is 9.61. The molecule has 0 bridgehead atoms. The van der Waals surface area contributed by atoms with Gasteiger partial charge in [-0.3, -0.25) is 9.58 Å². The highest BCUT2D eigenvalue weighted by Crippen LogP contribution is 2.24. The first-order valence-corrected chi connectivity index (χ1v) is 9.61. The van der Waals surface area contributed by atoms with Crippen LogP contribution in [0.25, 0.3) is 11.0 Å². The molecule has 0 spiro atoms. The molecule has 1 fully saturated rings. The van der Waals surface area contributed by atoms with Crippen LogP contribution < -0.4 is 9.47 Å². The van der Waals surface area contributed by atoms with Gasteiger partial charge in [-0.1, -0.05) is 6.07 Å². The number of ether oxygens (including phenoxy) is 2. The van der Waals surface area contributed by atoms with Gasteiger partial charge in [0.15, 0.2) is 5.65 Å². The SMILES string of the molecule is CCOc1cccc(OC2CCN(Cc3nn(C)c4ncccc34)CC2)c1. The highest BCUT2D eigenvalue weighted by atomic mass is 16.5. The molecule has 3 heterocycles. The number of piperidine rings is 1. The van der Waals surface area contributed by atoms with Gasteiger partial charge in [0.05, 0.1) is 12.3 Å². The van der Waals surface area contributed by atoms with Gasteiger partial charge in [-0.05, 0) is 44.0 Å². The zero-order valence-corrected chi connectivity index (χ0v) is 16.0. The van der Waals surface area contributed by atoms with Crippen molar-refractivity contribution in [2.75, 3.05) is 19.7 Å². The summed E-state index contributed by atoms with van der Waals surface area (Å²) in [6, 6.07) is 12.0. The fourth-order valence-electron chi connectivity index (χ4n) is 3.67. The Morgan fingerprint density at radius 3 is 2.74 bits per heavy atom. The van der Waals surface area contributed by atoms with Crippen LogP contribution in [0.1, 0.15) is 25.5 Å². The smallest absolute Gasteiger partial charge is 0.157 e. The first-order chi connectivity index (χ1) is 13.2. The third-order valence-corrected chi connectivity index (χ3v) is 5.00. The van der Waals surface area contributed by atoms with Crippen LogP contribution in [0.3, 0.4) is 0 Å². The lowest BCUT2D eigenvalue weighted by Gasteiger charge is -2.31. The van der Waals surface area contributed by atoms with Crippen molar-refractivity contribution < 1.29 is 9.47 Å². The lowest BCUT2D eigenvalue weighted by atomic mass is 10.1. The van der Waals surface area contributed by atoms with Gasteiger partial charge in [0, 0.05) is 44.3 Å². The molecule has 142 valence electrons. The van der Waals surface area contributed by atoms with Crippen molar-refractivity contribution >= 4 is 11.0 Å². The van der Waals surface area contributed by atoms with Crippen molar-refractivity contribution in [3.8, 4) is 11.5 Å². The first kappa shape index (κ1) is 17.8. The van der Waals surface area contributed by atoms with E-state index in [9.17, 15) is 0 Å². The summed E-state index contributed by atoms with van der Waals surface area (Å²) in [7, 11) is 1.95. The second-order valence-corrected chi connectivity index (χ2v) is 6.95. The van der Waals surface area contributed by atoms with Gasteiger partial charge in [-0.15, -0.1) is 0 Å². The van der Waals surface area contributed by atoms with E-state index in [1.54, 1.807) is 0 Å². The molecule has 2 aromatic heterocycles. The maximum atomic E-state index is 6.18. The normalized spacial score (nSPS) is 15.9. The van der Waals surface area contributed by atoms with Crippen LogP contribution in [0.5, 0.6) is 11.5 Å². The van der Waals surface area contributed by atoms with Crippen molar-refractivity contribution in [1.82, 2.24) is 19.7 Å². The number of aromatic nitrogens is 3. The van der Waals surface area contributed by atoms with E-state index in [1.165, 1.54) is 0 Å². The minimum absolute atomic E-state index is 0.250. The number of hydrogen-bond donors (Lipinski definition) is 0. The van der Waals surface area contributed by atoms with Crippen LogP contribution in [0, 0.1) is 0 Å². The van der Waals surface area contributed by atoms with Crippen molar-refractivity contribution in [3.63, 3.8) is 0 Å². The van der Waals surface area contributed by atoms with Gasteiger partial charge in [0.1, 0.15) is 17.6 Å². The number of benzene rings is 1. The Morgan fingerprint density at radius 2 is 1.93 bits per heavy atom. The van der Waals surface area contributed by atoms with Gasteiger partial charge < -0.3 is 9.47 Å². The van der Waals surface area contributed by atoms with E-state index in [2.05, 4.69) is 21.0 Å². The summed E-state index contributed by atoms with van der Waals surface area (Å²) in [5, 5.41) is 5.81. The second kappa shape index (κ2) is 7.96. The van der Waals surface area contributed by atoms with Crippen LogP contribution in [0.2, 0.25) is 0 Å². The molecule has 0 unspecified atom stereocenters. The molecule has 1 aliphatic heterocycles. The average Bonchev–Trinajstić information content (AvgIpc) is 3.00. The zero-order valence-electron chi connectivity index (χ0n) is 16.0. The zero-order chi connectivity index (χ0) is 18.6.